The van der Waals surface area contributed by atoms with Crippen LogP contribution in [0, 0.1) is 5.92 Å². The Morgan fingerprint density at radius 1 is 0.900 bits per heavy atom. The van der Waals surface area contributed by atoms with Crippen LogP contribution in [-0.4, -0.2) is 5.44 Å². The van der Waals surface area contributed by atoms with Crippen molar-refractivity contribution in [2.75, 3.05) is 0 Å². The molecule has 0 radical (unpaired) electrons. The van der Waals surface area contributed by atoms with Gasteiger partial charge in [0.1, 0.15) is 5.75 Å². The van der Waals surface area contributed by atoms with Gasteiger partial charge in [0.2, 0.25) is 0 Å². The molecule has 0 aromatic heterocycles. The molecule has 4 rings (SSSR count). The second-order valence-electron chi connectivity index (χ2n) is 5.97. The maximum Gasteiger partial charge on any atom is 0.151 e. The summed E-state index contributed by atoms with van der Waals surface area (Å²) in [6.45, 7) is 0. The zero-order valence-corrected chi connectivity index (χ0v) is 12.5. The van der Waals surface area contributed by atoms with Gasteiger partial charge in [0.15, 0.2) is 5.44 Å². The lowest BCUT2D eigenvalue weighted by atomic mass is 10.0. The van der Waals surface area contributed by atoms with E-state index < -0.39 is 0 Å². The highest BCUT2D eigenvalue weighted by atomic mass is 32.2. The van der Waals surface area contributed by atoms with Gasteiger partial charge >= 0.3 is 0 Å². The van der Waals surface area contributed by atoms with Gasteiger partial charge in [-0.15, -0.1) is 0 Å². The first-order valence-electron chi connectivity index (χ1n) is 7.77. The van der Waals surface area contributed by atoms with E-state index in [0.717, 1.165) is 11.7 Å². The van der Waals surface area contributed by atoms with Crippen LogP contribution < -0.4 is 4.74 Å². The van der Waals surface area contributed by atoms with E-state index in [0.29, 0.717) is 5.44 Å². The first-order chi connectivity index (χ1) is 9.92. The summed E-state index contributed by atoms with van der Waals surface area (Å²) in [6, 6.07) is 13.0. The maximum atomic E-state index is 6.38. The number of hydrogen-bond acceptors (Lipinski definition) is 2. The van der Waals surface area contributed by atoms with Crippen LogP contribution in [0.2, 0.25) is 0 Å². The molecular formula is C18H20OS. The predicted molar refractivity (Wildman–Crippen MR) is 85.4 cm³/mol. The molecule has 2 aromatic rings. The molecule has 20 heavy (non-hydrogen) atoms. The minimum atomic E-state index is 0.342. The number of hydrogen-bond donors (Lipinski definition) is 0. The molecule has 0 bridgehead atoms. The molecule has 1 aliphatic carbocycles. The van der Waals surface area contributed by atoms with E-state index in [4.69, 9.17) is 4.74 Å². The van der Waals surface area contributed by atoms with Crippen molar-refractivity contribution in [2.45, 2.75) is 48.9 Å². The van der Waals surface area contributed by atoms with Gasteiger partial charge < -0.3 is 4.74 Å². The van der Waals surface area contributed by atoms with Crippen molar-refractivity contribution >= 4 is 22.5 Å². The van der Waals surface area contributed by atoms with Crippen LogP contribution in [0.1, 0.15) is 38.5 Å². The van der Waals surface area contributed by atoms with Crippen molar-refractivity contribution in [3.05, 3.63) is 36.4 Å². The van der Waals surface area contributed by atoms with Gasteiger partial charge in [-0.2, -0.15) is 0 Å². The Bertz CT molecular complexity index is 614. The Kier molecular flexibility index (Phi) is 3.35. The van der Waals surface area contributed by atoms with Crippen LogP contribution in [0.4, 0.5) is 0 Å². The largest absolute Gasteiger partial charge is 0.477 e. The standard InChI is InChI=1S/C18H20OS/c1-2-4-9-14(8-3-1)18-19-17-15-10-6-5-7-13(15)11-12-16(17)20-18/h5-7,10-12,14,18H,1-4,8-9H2. The van der Waals surface area contributed by atoms with E-state index in [-0.39, 0.29) is 0 Å². The molecule has 2 aliphatic rings. The summed E-state index contributed by atoms with van der Waals surface area (Å²) in [6.07, 6.45) is 8.24. The smallest absolute Gasteiger partial charge is 0.151 e. The van der Waals surface area contributed by atoms with Crippen molar-refractivity contribution in [1.29, 1.82) is 0 Å². The third kappa shape index (κ3) is 2.20. The predicted octanol–water partition coefficient (Wildman–Crippen LogP) is 5.62. The summed E-state index contributed by atoms with van der Waals surface area (Å²) in [7, 11) is 0. The molecule has 0 N–H and O–H groups in total. The average Bonchev–Trinajstić information content (AvgIpc) is 2.74. The molecule has 1 atom stereocenters. The van der Waals surface area contributed by atoms with Crippen LogP contribution in [0.5, 0.6) is 5.75 Å². The second-order valence-corrected chi connectivity index (χ2v) is 7.11. The van der Waals surface area contributed by atoms with Gasteiger partial charge in [-0.25, -0.2) is 0 Å². The highest BCUT2D eigenvalue weighted by Gasteiger charge is 2.32. The lowest BCUT2D eigenvalue weighted by Gasteiger charge is -2.20. The number of thioether (sulfide) groups is 1. The monoisotopic (exact) mass is 284 g/mol. The van der Waals surface area contributed by atoms with Gasteiger partial charge in [0, 0.05) is 11.3 Å². The molecule has 2 heteroatoms. The van der Waals surface area contributed by atoms with Crippen LogP contribution >= 0.6 is 11.8 Å². The third-order valence-electron chi connectivity index (χ3n) is 4.61. The number of rotatable bonds is 1. The fourth-order valence-corrected chi connectivity index (χ4v) is 4.75. The first kappa shape index (κ1) is 12.6. The van der Waals surface area contributed by atoms with E-state index in [2.05, 4.69) is 36.4 Å². The second kappa shape index (κ2) is 5.33. The number of ether oxygens (including phenoxy) is 1. The van der Waals surface area contributed by atoms with Gasteiger partial charge in [0.25, 0.3) is 0 Å². The molecule has 1 heterocycles. The first-order valence-corrected chi connectivity index (χ1v) is 8.65. The van der Waals surface area contributed by atoms with Crippen LogP contribution in [0.25, 0.3) is 10.8 Å². The SMILES string of the molecule is c1ccc2c3c(ccc2c1)SC(C1CCCCCC1)O3. The molecule has 1 unspecified atom stereocenters. The molecule has 1 aliphatic heterocycles. The summed E-state index contributed by atoms with van der Waals surface area (Å²) >= 11 is 1.94. The third-order valence-corrected chi connectivity index (χ3v) is 5.89. The van der Waals surface area contributed by atoms with Crippen molar-refractivity contribution < 1.29 is 4.74 Å². The van der Waals surface area contributed by atoms with E-state index in [1.54, 1.807) is 0 Å². The van der Waals surface area contributed by atoms with Crippen LogP contribution in [0.3, 0.4) is 0 Å². The van der Waals surface area contributed by atoms with Crippen molar-refractivity contribution in [2.24, 2.45) is 5.92 Å². The van der Waals surface area contributed by atoms with Gasteiger partial charge in [-0.3, -0.25) is 0 Å². The van der Waals surface area contributed by atoms with E-state index in [9.17, 15) is 0 Å². The summed E-state index contributed by atoms with van der Waals surface area (Å²) in [4.78, 5) is 1.33. The highest BCUT2D eigenvalue weighted by molar-refractivity contribution is 8.00. The summed E-state index contributed by atoms with van der Waals surface area (Å²) in [5.41, 5.74) is 0.342. The fraction of sp³-hybridized carbons (Fsp3) is 0.444. The van der Waals surface area contributed by atoms with E-state index >= 15 is 0 Å². The van der Waals surface area contributed by atoms with Crippen molar-refractivity contribution in [3.63, 3.8) is 0 Å². The molecule has 0 amide bonds. The molecule has 1 saturated carbocycles. The molecule has 1 fully saturated rings. The average molecular weight is 284 g/mol. The topological polar surface area (TPSA) is 9.23 Å². The summed E-state index contributed by atoms with van der Waals surface area (Å²) < 4.78 is 6.38. The lowest BCUT2D eigenvalue weighted by Crippen LogP contribution is -2.20. The minimum Gasteiger partial charge on any atom is -0.477 e. The molecule has 104 valence electrons. The molecule has 0 saturated heterocycles. The van der Waals surface area contributed by atoms with Gasteiger partial charge in [-0.1, -0.05) is 67.8 Å². The van der Waals surface area contributed by atoms with Gasteiger partial charge in [0.05, 0.1) is 4.90 Å². The quantitative estimate of drug-likeness (QED) is 0.628. The number of fused-ring (bicyclic) bond motifs is 3. The lowest BCUT2D eigenvalue weighted by molar-refractivity contribution is 0.210. The minimum absolute atomic E-state index is 0.342. The number of benzene rings is 2. The Morgan fingerprint density at radius 3 is 2.55 bits per heavy atom. The normalized spacial score (nSPS) is 23.3. The zero-order chi connectivity index (χ0) is 13.4. The summed E-state index contributed by atoms with van der Waals surface area (Å²) in [5.74, 6) is 1.86. The molecular weight excluding hydrogens is 264 g/mol. The van der Waals surface area contributed by atoms with E-state index in [1.807, 2.05) is 11.8 Å². The Hall–Kier alpha value is -1.15. The summed E-state index contributed by atoms with van der Waals surface area (Å²) in [5, 5.41) is 2.56. The highest BCUT2D eigenvalue weighted by Crippen LogP contribution is 2.49. The van der Waals surface area contributed by atoms with Crippen molar-refractivity contribution in [1.82, 2.24) is 0 Å². The Labute approximate surface area is 124 Å². The Morgan fingerprint density at radius 2 is 1.70 bits per heavy atom. The fourth-order valence-electron chi connectivity index (χ4n) is 3.48. The molecule has 1 nitrogen and oxygen atoms in total. The van der Waals surface area contributed by atoms with Crippen LogP contribution in [0.15, 0.2) is 41.3 Å². The van der Waals surface area contributed by atoms with Crippen molar-refractivity contribution in [3.8, 4) is 5.75 Å². The van der Waals surface area contributed by atoms with Gasteiger partial charge in [-0.05, 0) is 24.3 Å². The van der Waals surface area contributed by atoms with E-state index in [1.165, 1.54) is 54.2 Å². The van der Waals surface area contributed by atoms with Crippen LogP contribution in [-0.2, 0) is 0 Å². The zero-order valence-electron chi connectivity index (χ0n) is 11.7. The molecule has 0 spiro atoms. The molecule has 2 aromatic carbocycles. The Balaban J connectivity index is 1.64. The maximum absolute atomic E-state index is 6.38.